The summed E-state index contributed by atoms with van der Waals surface area (Å²) in [5.74, 6) is 0. The minimum atomic E-state index is 0.966. The van der Waals surface area contributed by atoms with Crippen molar-refractivity contribution in [1.29, 1.82) is 0 Å². The Morgan fingerprint density at radius 3 is 3.20 bits per heavy atom. The van der Waals surface area contributed by atoms with E-state index >= 15 is 0 Å². The van der Waals surface area contributed by atoms with Crippen LogP contribution in [0.15, 0.2) is 11.7 Å². The SMILES string of the molecule is ICCNCc1cncs1. The fourth-order valence-corrected chi connectivity index (χ4v) is 1.55. The molecule has 0 aromatic carbocycles. The summed E-state index contributed by atoms with van der Waals surface area (Å²) >= 11 is 4.05. The zero-order chi connectivity index (χ0) is 7.23. The van der Waals surface area contributed by atoms with Gasteiger partial charge in [-0.1, -0.05) is 22.6 Å². The van der Waals surface area contributed by atoms with Gasteiger partial charge in [-0.2, -0.15) is 0 Å². The molecular weight excluding hydrogens is 259 g/mol. The third-order valence-corrected chi connectivity index (χ3v) is 2.37. The van der Waals surface area contributed by atoms with Gasteiger partial charge < -0.3 is 5.32 Å². The second-order valence-corrected chi connectivity index (χ2v) is 3.88. The van der Waals surface area contributed by atoms with Crippen molar-refractivity contribution in [1.82, 2.24) is 10.3 Å². The van der Waals surface area contributed by atoms with Gasteiger partial charge in [-0.15, -0.1) is 11.3 Å². The third-order valence-electron chi connectivity index (χ3n) is 1.05. The van der Waals surface area contributed by atoms with Crippen LogP contribution in [0.1, 0.15) is 4.88 Å². The summed E-state index contributed by atoms with van der Waals surface area (Å²) in [6.07, 6.45) is 1.91. The number of nitrogens with one attached hydrogen (secondary N) is 1. The van der Waals surface area contributed by atoms with E-state index < -0.39 is 0 Å². The van der Waals surface area contributed by atoms with E-state index in [1.54, 1.807) is 11.3 Å². The summed E-state index contributed by atoms with van der Waals surface area (Å²) in [4.78, 5) is 5.29. The Bertz CT molecular complexity index is 164. The van der Waals surface area contributed by atoms with Gasteiger partial charge in [0, 0.05) is 28.6 Å². The highest BCUT2D eigenvalue weighted by Crippen LogP contribution is 2.03. The van der Waals surface area contributed by atoms with Crippen molar-refractivity contribution in [2.75, 3.05) is 11.0 Å². The van der Waals surface area contributed by atoms with Gasteiger partial charge >= 0.3 is 0 Å². The quantitative estimate of drug-likeness (QED) is 0.510. The molecule has 1 aromatic rings. The number of hydrogen-bond donors (Lipinski definition) is 1. The molecule has 0 spiro atoms. The highest BCUT2D eigenvalue weighted by atomic mass is 127. The summed E-state index contributed by atoms with van der Waals surface area (Å²) in [7, 11) is 0. The monoisotopic (exact) mass is 268 g/mol. The molecule has 1 aromatic heterocycles. The number of thiazole rings is 1. The Labute approximate surface area is 78.2 Å². The molecule has 0 radical (unpaired) electrons. The van der Waals surface area contributed by atoms with Crippen LogP contribution in [0.25, 0.3) is 0 Å². The Morgan fingerprint density at radius 1 is 1.70 bits per heavy atom. The van der Waals surface area contributed by atoms with E-state index in [0.717, 1.165) is 17.5 Å². The number of aromatic nitrogens is 1. The van der Waals surface area contributed by atoms with E-state index in [9.17, 15) is 0 Å². The van der Waals surface area contributed by atoms with Crippen LogP contribution in [0, 0.1) is 0 Å². The van der Waals surface area contributed by atoms with Gasteiger partial charge in [0.15, 0.2) is 0 Å². The largest absolute Gasteiger partial charge is 0.311 e. The second kappa shape index (κ2) is 5.03. The van der Waals surface area contributed by atoms with E-state index in [2.05, 4.69) is 32.9 Å². The first kappa shape index (κ1) is 8.42. The van der Waals surface area contributed by atoms with Gasteiger partial charge in [0.1, 0.15) is 0 Å². The molecule has 4 heteroatoms. The second-order valence-electron chi connectivity index (χ2n) is 1.83. The summed E-state index contributed by atoms with van der Waals surface area (Å²) in [6.45, 7) is 2.05. The fraction of sp³-hybridized carbons (Fsp3) is 0.500. The molecule has 10 heavy (non-hydrogen) atoms. The summed E-state index contributed by atoms with van der Waals surface area (Å²) in [6, 6.07) is 0. The van der Waals surface area contributed by atoms with E-state index in [4.69, 9.17) is 0 Å². The van der Waals surface area contributed by atoms with Crippen molar-refractivity contribution < 1.29 is 0 Å². The molecule has 1 heterocycles. The van der Waals surface area contributed by atoms with Crippen LogP contribution in [0.5, 0.6) is 0 Å². The third kappa shape index (κ3) is 2.94. The number of hydrogen-bond acceptors (Lipinski definition) is 3. The minimum Gasteiger partial charge on any atom is -0.311 e. The molecule has 0 unspecified atom stereocenters. The van der Waals surface area contributed by atoms with Crippen LogP contribution >= 0.6 is 33.9 Å². The van der Waals surface area contributed by atoms with E-state index in [0.29, 0.717) is 0 Å². The Balaban J connectivity index is 2.15. The lowest BCUT2D eigenvalue weighted by Crippen LogP contribution is -2.14. The molecular formula is C6H9IN2S. The van der Waals surface area contributed by atoms with Gasteiger partial charge in [0.2, 0.25) is 0 Å². The van der Waals surface area contributed by atoms with Crippen molar-refractivity contribution in [3.8, 4) is 0 Å². The van der Waals surface area contributed by atoms with Crippen LogP contribution in [0.3, 0.4) is 0 Å². The van der Waals surface area contributed by atoms with Crippen molar-refractivity contribution in [3.05, 3.63) is 16.6 Å². The fourth-order valence-electron chi connectivity index (χ4n) is 0.608. The molecule has 0 atom stereocenters. The molecule has 0 aliphatic carbocycles. The molecule has 0 aliphatic heterocycles. The van der Waals surface area contributed by atoms with Gasteiger partial charge in [0.25, 0.3) is 0 Å². The maximum Gasteiger partial charge on any atom is 0.0794 e. The molecule has 0 fully saturated rings. The lowest BCUT2D eigenvalue weighted by atomic mass is 10.5. The van der Waals surface area contributed by atoms with Crippen LogP contribution in [0.2, 0.25) is 0 Å². The van der Waals surface area contributed by atoms with Gasteiger partial charge in [-0.05, 0) is 0 Å². The summed E-state index contributed by atoms with van der Waals surface area (Å²) in [5, 5.41) is 3.30. The normalized spacial score (nSPS) is 10.1. The molecule has 0 aliphatic rings. The topological polar surface area (TPSA) is 24.9 Å². The van der Waals surface area contributed by atoms with Crippen molar-refractivity contribution in [2.45, 2.75) is 6.54 Å². The van der Waals surface area contributed by atoms with Crippen molar-refractivity contribution in [3.63, 3.8) is 0 Å². The lowest BCUT2D eigenvalue weighted by Gasteiger charge is -1.96. The molecule has 56 valence electrons. The zero-order valence-electron chi connectivity index (χ0n) is 5.51. The molecule has 2 nitrogen and oxygen atoms in total. The summed E-state index contributed by atoms with van der Waals surface area (Å²) in [5.41, 5.74) is 1.86. The van der Waals surface area contributed by atoms with E-state index in [1.165, 1.54) is 4.88 Å². The number of halogens is 1. The van der Waals surface area contributed by atoms with Crippen LogP contribution in [-0.4, -0.2) is 16.0 Å². The highest BCUT2D eigenvalue weighted by molar-refractivity contribution is 14.1. The van der Waals surface area contributed by atoms with Crippen LogP contribution < -0.4 is 5.32 Å². The first-order valence-electron chi connectivity index (χ1n) is 3.07. The van der Waals surface area contributed by atoms with Gasteiger partial charge in [-0.3, -0.25) is 4.98 Å². The van der Waals surface area contributed by atoms with Gasteiger partial charge in [-0.25, -0.2) is 0 Å². The number of alkyl halides is 1. The number of rotatable bonds is 4. The smallest absolute Gasteiger partial charge is 0.0794 e. The average Bonchev–Trinajstić information content (AvgIpc) is 2.41. The highest BCUT2D eigenvalue weighted by Gasteiger charge is 1.90. The Kier molecular flexibility index (Phi) is 4.24. The molecule has 0 saturated carbocycles. The minimum absolute atomic E-state index is 0.966. The van der Waals surface area contributed by atoms with Crippen LogP contribution in [0.4, 0.5) is 0 Å². The molecule has 0 bridgehead atoms. The predicted molar refractivity (Wildman–Crippen MR) is 52.7 cm³/mol. The molecule has 0 saturated heterocycles. The van der Waals surface area contributed by atoms with E-state index in [1.807, 2.05) is 11.7 Å². The van der Waals surface area contributed by atoms with Crippen molar-refractivity contribution in [2.24, 2.45) is 0 Å². The predicted octanol–water partition coefficient (Wildman–Crippen LogP) is 1.67. The van der Waals surface area contributed by atoms with Crippen LogP contribution in [-0.2, 0) is 6.54 Å². The Hall–Kier alpha value is 0.320. The standard InChI is InChI=1S/C6H9IN2S/c7-1-2-8-3-6-4-9-5-10-6/h4-5,8H,1-3H2. The average molecular weight is 268 g/mol. The molecule has 1 N–H and O–H groups in total. The molecule has 1 rings (SSSR count). The maximum atomic E-state index is 3.98. The maximum absolute atomic E-state index is 3.98. The zero-order valence-corrected chi connectivity index (χ0v) is 8.48. The van der Waals surface area contributed by atoms with E-state index in [-0.39, 0.29) is 0 Å². The first-order valence-corrected chi connectivity index (χ1v) is 5.48. The van der Waals surface area contributed by atoms with Crippen molar-refractivity contribution >= 4 is 33.9 Å². The van der Waals surface area contributed by atoms with Gasteiger partial charge in [0.05, 0.1) is 5.51 Å². The Morgan fingerprint density at radius 2 is 2.60 bits per heavy atom. The summed E-state index contributed by atoms with van der Waals surface area (Å²) < 4.78 is 1.16. The first-order chi connectivity index (χ1) is 4.93. The molecule has 0 amide bonds. The number of nitrogens with zero attached hydrogens (tertiary/aromatic N) is 1. The lowest BCUT2D eigenvalue weighted by molar-refractivity contribution is 0.744.